The van der Waals surface area contributed by atoms with Crippen LogP contribution < -0.4 is 0 Å². The first-order chi connectivity index (χ1) is 10.5. The van der Waals surface area contributed by atoms with E-state index >= 15 is 0 Å². The van der Waals surface area contributed by atoms with E-state index in [1.54, 1.807) is 4.90 Å². The number of hydrogen-bond donors (Lipinski definition) is 0. The number of fused-ring (bicyclic) bond motifs is 1. The van der Waals surface area contributed by atoms with E-state index in [1.165, 1.54) is 0 Å². The highest BCUT2D eigenvalue weighted by molar-refractivity contribution is 6.33. The summed E-state index contributed by atoms with van der Waals surface area (Å²) in [4.78, 5) is 13.6. The van der Waals surface area contributed by atoms with Gasteiger partial charge in [0, 0.05) is 25.1 Å². The summed E-state index contributed by atoms with van der Waals surface area (Å²) in [6.45, 7) is 2.96. The quantitative estimate of drug-likeness (QED) is 0.744. The summed E-state index contributed by atoms with van der Waals surface area (Å²) in [6.07, 6.45) is 0.468. The van der Waals surface area contributed by atoms with Crippen molar-refractivity contribution in [3.8, 4) is 11.1 Å². The molecule has 0 unspecified atom stereocenters. The molecule has 0 saturated carbocycles. The molecule has 0 aromatic heterocycles. The lowest BCUT2D eigenvalue weighted by Gasteiger charge is -2.13. The van der Waals surface area contributed by atoms with E-state index in [4.69, 9.17) is 11.6 Å². The van der Waals surface area contributed by atoms with Gasteiger partial charge in [0.2, 0.25) is 5.91 Å². The SMILES string of the molecule is CCC(=O)N1Cc2ccc(-c3cc(F)c(F)cc3Cl)cc2C1. The Balaban J connectivity index is 1.97. The zero-order valence-electron chi connectivity index (χ0n) is 12.0. The van der Waals surface area contributed by atoms with E-state index in [-0.39, 0.29) is 10.9 Å². The van der Waals surface area contributed by atoms with Crippen LogP contribution in [-0.2, 0) is 17.9 Å². The van der Waals surface area contributed by atoms with Gasteiger partial charge < -0.3 is 4.90 Å². The van der Waals surface area contributed by atoms with E-state index in [2.05, 4.69) is 0 Å². The molecule has 0 radical (unpaired) electrons. The maximum absolute atomic E-state index is 13.4. The average molecular weight is 322 g/mol. The molecule has 2 nitrogen and oxygen atoms in total. The van der Waals surface area contributed by atoms with Gasteiger partial charge in [-0.2, -0.15) is 0 Å². The van der Waals surface area contributed by atoms with Crippen molar-refractivity contribution in [2.45, 2.75) is 26.4 Å². The van der Waals surface area contributed by atoms with Crippen molar-refractivity contribution in [1.82, 2.24) is 4.90 Å². The van der Waals surface area contributed by atoms with Crippen LogP contribution >= 0.6 is 11.6 Å². The van der Waals surface area contributed by atoms with Gasteiger partial charge in [-0.05, 0) is 34.9 Å². The number of amides is 1. The molecule has 0 N–H and O–H groups in total. The Morgan fingerprint density at radius 2 is 1.82 bits per heavy atom. The maximum atomic E-state index is 13.4. The molecule has 5 heteroatoms. The topological polar surface area (TPSA) is 20.3 Å². The summed E-state index contributed by atoms with van der Waals surface area (Å²) < 4.78 is 26.6. The second kappa shape index (κ2) is 5.69. The van der Waals surface area contributed by atoms with Gasteiger partial charge in [0.15, 0.2) is 11.6 Å². The first kappa shape index (κ1) is 15.0. The Morgan fingerprint density at radius 1 is 1.14 bits per heavy atom. The molecule has 2 aromatic rings. The smallest absolute Gasteiger partial charge is 0.222 e. The van der Waals surface area contributed by atoms with E-state index < -0.39 is 11.6 Å². The number of carbonyl (C=O) groups is 1. The molecule has 1 heterocycles. The molecule has 3 rings (SSSR count). The lowest BCUT2D eigenvalue weighted by atomic mass is 10.0. The molecule has 22 heavy (non-hydrogen) atoms. The summed E-state index contributed by atoms with van der Waals surface area (Å²) in [5.41, 5.74) is 3.25. The van der Waals surface area contributed by atoms with Crippen LogP contribution in [0, 0.1) is 11.6 Å². The molecule has 0 spiro atoms. The molecule has 0 saturated heterocycles. The standard InChI is InChI=1S/C17H14ClF2NO/c1-2-17(22)21-8-11-4-3-10(5-12(11)9-21)13-6-15(19)16(20)7-14(13)18/h3-7H,2,8-9H2,1H3. The summed E-state index contributed by atoms with van der Waals surface area (Å²) >= 11 is 6.02. The fraction of sp³-hybridized carbons (Fsp3) is 0.235. The van der Waals surface area contributed by atoms with Crippen LogP contribution in [-0.4, -0.2) is 10.8 Å². The van der Waals surface area contributed by atoms with Gasteiger partial charge in [-0.25, -0.2) is 8.78 Å². The van der Waals surface area contributed by atoms with Crippen molar-refractivity contribution >= 4 is 17.5 Å². The molecular weight excluding hydrogens is 308 g/mol. The van der Waals surface area contributed by atoms with Crippen LogP contribution in [0.3, 0.4) is 0 Å². The van der Waals surface area contributed by atoms with Crippen LogP contribution in [0.1, 0.15) is 24.5 Å². The van der Waals surface area contributed by atoms with Gasteiger partial charge in [-0.1, -0.05) is 30.7 Å². The molecule has 2 aromatic carbocycles. The van der Waals surface area contributed by atoms with Crippen LogP contribution in [0.25, 0.3) is 11.1 Å². The summed E-state index contributed by atoms with van der Waals surface area (Å²) in [7, 11) is 0. The number of carbonyl (C=O) groups excluding carboxylic acids is 1. The minimum absolute atomic E-state index is 0.101. The van der Waals surface area contributed by atoms with Crippen LogP contribution in [0.4, 0.5) is 8.78 Å². The number of nitrogens with zero attached hydrogens (tertiary/aromatic N) is 1. The average Bonchev–Trinajstić information content (AvgIpc) is 2.93. The summed E-state index contributed by atoms with van der Waals surface area (Å²) in [5.74, 6) is -1.79. The van der Waals surface area contributed by atoms with Gasteiger partial charge in [0.1, 0.15) is 0 Å². The minimum Gasteiger partial charge on any atom is -0.334 e. The Labute approximate surface area is 132 Å². The van der Waals surface area contributed by atoms with E-state index in [0.717, 1.165) is 23.3 Å². The minimum atomic E-state index is -0.963. The van der Waals surface area contributed by atoms with Gasteiger partial charge >= 0.3 is 0 Å². The van der Waals surface area contributed by atoms with Gasteiger partial charge in [-0.15, -0.1) is 0 Å². The molecular formula is C17H14ClF2NO. The highest BCUT2D eigenvalue weighted by Crippen LogP contribution is 2.33. The molecule has 1 aliphatic heterocycles. The van der Waals surface area contributed by atoms with Crippen molar-refractivity contribution in [3.63, 3.8) is 0 Å². The monoisotopic (exact) mass is 321 g/mol. The van der Waals surface area contributed by atoms with Crippen molar-refractivity contribution < 1.29 is 13.6 Å². The molecule has 0 atom stereocenters. The second-order valence-electron chi connectivity index (χ2n) is 5.33. The Kier molecular flexibility index (Phi) is 3.87. The zero-order valence-corrected chi connectivity index (χ0v) is 12.8. The van der Waals surface area contributed by atoms with Crippen molar-refractivity contribution in [2.24, 2.45) is 0 Å². The van der Waals surface area contributed by atoms with Crippen LogP contribution in [0.15, 0.2) is 30.3 Å². The van der Waals surface area contributed by atoms with E-state index in [9.17, 15) is 13.6 Å². The van der Waals surface area contributed by atoms with Crippen molar-refractivity contribution in [2.75, 3.05) is 0 Å². The Morgan fingerprint density at radius 3 is 2.55 bits per heavy atom. The van der Waals surface area contributed by atoms with Gasteiger partial charge in [0.25, 0.3) is 0 Å². The molecule has 114 valence electrons. The highest BCUT2D eigenvalue weighted by atomic mass is 35.5. The molecule has 0 fully saturated rings. The summed E-state index contributed by atoms with van der Waals surface area (Å²) in [5, 5.41) is 0.165. The number of hydrogen-bond acceptors (Lipinski definition) is 1. The third kappa shape index (κ3) is 2.59. The van der Waals surface area contributed by atoms with Crippen LogP contribution in [0.5, 0.6) is 0 Å². The maximum Gasteiger partial charge on any atom is 0.222 e. The van der Waals surface area contributed by atoms with Crippen molar-refractivity contribution in [3.05, 3.63) is 58.1 Å². The first-order valence-electron chi connectivity index (χ1n) is 7.04. The fourth-order valence-corrected chi connectivity index (χ4v) is 2.97. The third-order valence-corrected chi connectivity index (χ3v) is 4.22. The Hall–Kier alpha value is -1.94. The van der Waals surface area contributed by atoms with Crippen LogP contribution in [0.2, 0.25) is 5.02 Å². The first-order valence-corrected chi connectivity index (χ1v) is 7.42. The van der Waals surface area contributed by atoms with E-state index in [0.29, 0.717) is 30.6 Å². The third-order valence-electron chi connectivity index (χ3n) is 3.90. The normalized spacial score (nSPS) is 13.4. The highest BCUT2D eigenvalue weighted by Gasteiger charge is 2.23. The zero-order chi connectivity index (χ0) is 15.9. The van der Waals surface area contributed by atoms with Gasteiger partial charge in [0.05, 0.1) is 5.02 Å². The van der Waals surface area contributed by atoms with E-state index in [1.807, 2.05) is 25.1 Å². The number of rotatable bonds is 2. The van der Waals surface area contributed by atoms with Gasteiger partial charge in [-0.3, -0.25) is 4.79 Å². The fourth-order valence-electron chi connectivity index (χ4n) is 2.71. The second-order valence-corrected chi connectivity index (χ2v) is 5.74. The number of benzene rings is 2. The predicted octanol–water partition coefficient (Wildman–Crippen LogP) is 4.54. The predicted molar refractivity (Wildman–Crippen MR) is 81.3 cm³/mol. The molecule has 1 aliphatic rings. The largest absolute Gasteiger partial charge is 0.334 e. The summed E-state index contributed by atoms with van der Waals surface area (Å²) in [6, 6.07) is 7.69. The lowest BCUT2D eigenvalue weighted by molar-refractivity contribution is -0.131. The molecule has 0 bridgehead atoms. The lowest BCUT2D eigenvalue weighted by Crippen LogP contribution is -2.23. The molecule has 1 amide bonds. The molecule has 0 aliphatic carbocycles. The Bertz CT molecular complexity index is 761. The number of halogens is 3. The van der Waals surface area contributed by atoms with Crippen molar-refractivity contribution in [1.29, 1.82) is 0 Å².